The van der Waals surface area contributed by atoms with Crippen LogP contribution >= 0.6 is 11.3 Å². The summed E-state index contributed by atoms with van der Waals surface area (Å²) >= 11 is 1.62. The van der Waals surface area contributed by atoms with Crippen LogP contribution in [0.1, 0.15) is 29.9 Å². The number of rotatable bonds is 12. The third-order valence-electron chi connectivity index (χ3n) is 5.87. The summed E-state index contributed by atoms with van der Waals surface area (Å²) in [4.78, 5) is 30.9. The van der Waals surface area contributed by atoms with Crippen molar-refractivity contribution in [3.05, 3.63) is 82.0 Å². The highest BCUT2D eigenvalue weighted by Gasteiger charge is 2.24. The monoisotopic (exact) mass is 509 g/mol. The molecule has 192 valence electrons. The van der Waals surface area contributed by atoms with Crippen molar-refractivity contribution >= 4 is 23.3 Å². The van der Waals surface area contributed by atoms with E-state index in [1.807, 2.05) is 84.8 Å². The maximum absolute atomic E-state index is 13.5. The number of hydrogen-bond donors (Lipinski definition) is 1. The maximum atomic E-state index is 13.5. The minimum atomic E-state index is -0.252. The van der Waals surface area contributed by atoms with Gasteiger partial charge in [-0.25, -0.2) is 4.79 Å². The second kappa shape index (κ2) is 13.5. The van der Waals surface area contributed by atoms with Crippen LogP contribution < -0.4 is 14.8 Å². The Kier molecular flexibility index (Phi) is 10.2. The van der Waals surface area contributed by atoms with Gasteiger partial charge in [0.2, 0.25) is 5.91 Å². The van der Waals surface area contributed by atoms with Gasteiger partial charge in [0.15, 0.2) is 11.5 Å². The van der Waals surface area contributed by atoms with Crippen molar-refractivity contribution in [2.45, 2.75) is 39.4 Å². The first-order chi connectivity index (χ1) is 17.4. The number of hydrogen-bond acceptors (Lipinski definition) is 5. The Bertz CT molecular complexity index is 1100. The molecule has 7 nitrogen and oxygen atoms in total. The molecule has 2 aromatic carbocycles. The van der Waals surface area contributed by atoms with Gasteiger partial charge < -0.3 is 24.6 Å². The van der Waals surface area contributed by atoms with E-state index in [-0.39, 0.29) is 24.5 Å². The van der Waals surface area contributed by atoms with E-state index in [0.717, 1.165) is 16.0 Å². The number of amides is 3. The largest absolute Gasteiger partial charge is 0.493 e. The van der Waals surface area contributed by atoms with Crippen LogP contribution in [0.15, 0.2) is 66.0 Å². The molecule has 0 aliphatic heterocycles. The first kappa shape index (κ1) is 27.1. The molecule has 3 aromatic rings. The lowest BCUT2D eigenvalue weighted by atomic mass is 10.1. The predicted octanol–water partition coefficient (Wildman–Crippen LogP) is 4.96. The molecule has 1 N–H and O–H groups in total. The molecule has 0 saturated carbocycles. The molecule has 3 rings (SSSR count). The van der Waals surface area contributed by atoms with E-state index >= 15 is 0 Å². The van der Waals surface area contributed by atoms with Gasteiger partial charge in [-0.2, -0.15) is 0 Å². The lowest BCUT2D eigenvalue weighted by Crippen LogP contribution is -2.49. The molecule has 0 saturated heterocycles. The normalized spacial score (nSPS) is 10.7. The van der Waals surface area contributed by atoms with Gasteiger partial charge in [0.25, 0.3) is 0 Å². The highest BCUT2D eigenvalue weighted by molar-refractivity contribution is 7.09. The minimum absolute atomic E-state index is 0.00952. The van der Waals surface area contributed by atoms with Gasteiger partial charge in [0.1, 0.15) is 6.54 Å². The van der Waals surface area contributed by atoms with Crippen LogP contribution in [0.25, 0.3) is 0 Å². The van der Waals surface area contributed by atoms with Crippen LogP contribution in [0.3, 0.4) is 0 Å². The van der Waals surface area contributed by atoms with Crippen molar-refractivity contribution in [2.24, 2.45) is 0 Å². The predicted molar refractivity (Wildman–Crippen MR) is 144 cm³/mol. The van der Waals surface area contributed by atoms with Crippen molar-refractivity contribution in [1.29, 1.82) is 0 Å². The molecule has 1 aromatic heterocycles. The second-order valence-electron chi connectivity index (χ2n) is 8.70. The van der Waals surface area contributed by atoms with Crippen molar-refractivity contribution in [1.82, 2.24) is 15.1 Å². The number of methoxy groups -OCH3 is 2. The fourth-order valence-electron chi connectivity index (χ4n) is 3.79. The van der Waals surface area contributed by atoms with E-state index in [1.54, 1.807) is 30.5 Å². The van der Waals surface area contributed by atoms with Gasteiger partial charge in [-0.05, 0) is 55.0 Å². The summed E-state index contributed by atoms with van der Waals surface area (Å²) in [6.45, 7) is 5.28. The highest BCUT2D eigenvalue weighted by atomic mass is 32.1. The molecule has 3 amide bonds. The van der Waals surface area contributed by atoms with Crippen molar-refractivity contribution in [3.8, 4) is 11.5 Å². The summed E-state index contributed by atoms with van der Waals surface area (Å²) < 4.78 is 10.8. The van der Waals surface area contributed by atoms with Crippen LogP contribution in [-0.4, -0.2) is 55.1 Å². The molecule has 0 spiro atoms. The van der Waals surface area contributed by atoms with E-state index in [1.165, 1.54) is 0 Å². The highest BCUT2D eigenvalue weighted by Crippen LogP contribution is 2.28. The summed E-state index contributed by atoms with van der Waals surface area (Å²) in [5.41, 5.74) is 2.05. The molecule has 1 heterocycles. The average molecular weight is 510 g/mol. The summed E-state index contributed by atoms with van der Waals surface area (Å²) in [6, 6.07) is 19.1. The lowest BCUT2D eigenvalue weighted by molar-refractivity contribution is -0.132. The first-order valence-electron chi connectivity index (χ1n) is 12.0. The van der Waals surface area contributed by atoms with Gasteiger partial charge >= 0.3 is 6.03 Å². The summed E-state index contributed by atoms with van der Waals surface area (Å²) in [5.74, 6) is 1.24. The smallest absolute Gasteiger partial charge is 0.318 e. The summed E-state index contributed by atoms with van der Waals surface area (Å²) in [7, 11) is 3.22. The van der Waals surface area contributed by atoms with E-state index in [4.69, 9.17) is 9.47 Å². The zero-order valence-electron chi connectivity index (χ0n) is 21.4. The molecule has 0 radical (unpaired) electrons. The van der Waals surface area contributed by atoms with Crippen molar-refractivity contribution in [2.75, 3.05) is 27.3 Å². The molecule has 0 bridgehead atoms. The van der Waals surface area contributed by atoms with Crippen LogP contribution in [0.5, 0.6) is 11.5 Å². The molecule has 36 heavy (non-hydrogen) atoms. The fraction of sp³-hybridized carbons (Fsp3) is 0.357. The lowest BCUT2D eigenvalue weighted by Gasteiger charge is -2.30. The fourth-order valence-corrected chi connectivity index (χ4v) is 4.51. The number of ether oxygens (including phenoxy) is 2. The van der Waals surface area contributed by atoms with E-state index < -0.39 is 0 Å². The van der Waals surface area contributed by atoms with E-state index in [2.05, 4.69) is 5.32 Å². The molecule has 0 unspecified atom stereocenters. The number of urea groups is 1. The third-order valence-corrected chi connectivity index (χ3v) is 6.74. The Labute approximate surface area is 217 Å². The van der Waals surface area contributed by atoms with Gasteiger partial charge in [-0.1, -0.05) is 42.5 Å². The zero-order valence-corrected chi connectivity index (χ0v) is 22.2. The van der Waals surface area contributed by atoms with Crippen LogP contribution in [0.2, 0.25) is 0 Å². The topological polar surface area (TPSA) is 71.1 Å². The molecular weight excluding hydrogens is 474 g/mol. The Balaban J connectivity index is 1.68. The SMILES string of the molecule is COc1ccc(CCN(Cc2cccs2)C(=O)CN(C(=O)NCc2ccccc2)C(C)C)cc1OC. The van der Waals surface area contributed by atoms with Gasteiger partial charge in [0, 0.05) is 24.0 Å². The molecule has 0 fully saturated rings. The minimum Gasteiger partial charge on any atom is -0.493 e. The van der Waals surface area contributed by atoms with Crippen LogP contribution in [-0.2, 0) is 24.3 Å². The van der Waals surface area contributed by atoms with Crippen molar-refractivity contribution < 1.29 is 19.1 Å². The number of carbonyl (C=O) groups excluding carboxylic acids is 2. The van der Waals surface area contributed by atoms with E-state index in [0.29, 0.717) is 37.6 Å². The van der Waals surface area contributed by atoms with Gasteiger partial charge in [-0.3, -0.25) is 4.79 Å². The first-order valence-corrected chi connectivity index (χ1v) is 12.9. The zero-order chi connectivity index (χ0) is 25.9. The molecule has 8 heteroatoms. The molecule has 0 atom stereocenters. The van der Waals surface area contributed by atoms with E-state index in [9.17, 15) is 9.59 Å². The molecule has 0 aliphatic rings. The van der Waals surface area contributed by atoms with Crippen LogP contribution in [0.4, 0.5) is 4.79 Å². The number of nitrogens with one attached hydrogen (secondary N) is 1. The Morgan fingerprint density at radius 1 is 0.944 bits per heavy atom. The van der Waals surface area contributed by atoms with Gasteiger partial charge in [-0.15, -0.1) is 11.3 Å². The number of thiophene rings is 1. The third kappa shape index (κ3) is 7.75. The maximum Gasteiger partial charge on any atom is 0.318 e. The quantitative estimate of drug-likeness (QED) is 0.375. The molecule has 0 aliphatic carbocycles. The summed E-state index contributed by atoms with van der Waals surface area (Å²) in [5, 5.41) is 4.95. The Morgan fingerprint density at radius 2 is 1.69 bits per heavy atom. The number of nitrogens with zero attached hydrogens (tertiary/aromatic N) is 2. The summed E-state index contributed by atoms with van der Waals surface area (Å²) in [6.07, 6.45) is 0.652. The molecular formula is C28H35N3O4S. The average Bonchev–Trinajstić information content (AvgIpc) is 3.41. The van der Waals surface area contributed by atoms with Gasteiger partial charge in [0.05, 0.1) is 20.8 Å². The number of carbonyl (C=O) groups is 2. The van der Waals surface area contributed by atoms with Crippen LogP contribution in [0, 0.1) is 0 Å². The Morgan fingerprint density at radius 3 is 2.33 bits per heavy atom. The standard InChI is InChI=1S/C28H35N3O4S/c1-21(2)31(28(33)29-18-23-9-6-5-7-10-23)20-27(32)30(19-24-11-8-16-36-24)15-14-22-12-13-25(34-3)26(17-22)35-4/h5-13,16-17,21H,14-15,18-20H2,1-4H3,(H,29,33). The number of benzene rings is 2. The second-order valence-corrected chi connectivity index (χ2v) is 9.73. The Hall–Kier alpha value is -3.52. The van der Waals surface area contributed by atoms with Crippen molar-refractivity contribution in [3.63, 3.8) is 0 Å².